The van der Waals surface area contributed by atoms with Gasteiger partial charge in [-0.1, -0.05) is 26.5 Å². The highest BCUT2D eigenvalue weighted by molar-refractivity contribution is 6.06. The van der Waals surface area contributed by atoms with Crippen molar-refractivity contribution < 1.29 is 4.79 Å². The molecule has 2 N–H and O–H groups in total. The van der Waals surface area contributed by atoms with Crippen molar-refractivity contribution in [1.82, 2.24) is 15.0 Å². The zero-order valence-electron chi connectivity index (χ0n) is 16.7. The zero-order chi connectivity index (χ0) is 20.5. The first-order valence-corrected chi connectivity index (χ1v) is 9.11. The predicted molar refractivity (Wildman–Crippen MR) is 114 cm³/mol. The number of amides is 1. The van der Waals surface area contributed by atoms with Crippen molar-refractivity contribution in [3.05, 3.63) is 84.1 Å². The van der Waals surface area contributed by atoms with Crippen LogP contribution in [0, 0.1) is 13.8 Å². The number of nitrogens with one attached hydrogen (secondary N) is 2. The Morgan fingerprint density at radius 2 is 1.71 bits per heavy atom. The molecule has 3 aromatic heterocycles. The summed E-state index contributed by atoms with van der Waals surface area (Å²) in [7, 11) is 0. The van der Waals surface area contributed by atoms with Crippen LogP contribution in [0.3, 0.4) is 0 Å². The van der Waals surface area contributed by atoms with Crippen molar-refractivity contribution in [2.45, 2.75) is 27.7 Å². The minimum absolute atomic E-state index is 0.260. The van der Waals surface area contributed by atoms with E-state index in [1.54, 1.807) is 36.8 Å². The molecule has 0 saturated carbocycles. The van der Waals surface area contributed by atoms with Crippen LogP contribution in [0.15, 0.2) is 61.6 Å². The summed E-state index contributed by atoms with van der Waals surface area (Å²) in [4.78, 5) is 25.2. The maximum absolute atomic E-state index is 12.6. The van der Waals surface area contributed by atoms with E-state index in [9.17, 15) is 4.79 Å². The van der Waals surface area contributed by atoms with Gasteiger partial charge in [0.25, 0.3) is 5.91 Å². The van der Waals surface area contributed by atoms with Crippen LogP contribution in [0.1, 0.15) is 41.2 Å². The molecule has 3 rings (SSSR count). The number of hydrogen-bond donors (Lipinski definition) is 2. The quantitative estimate of drug-likeness (QED) is 0.666. The third-order valence-electron chi connectivity index (χ3n) is 3.72. The number of nitrogens with zero attached hydrogens (tertiary/aromatic N) is 3. The first-order chi connectivity index (χ1) is 13.5. The Morgan fingerprint density at radius 3 is 2.36 bits per heavy atom. The SMILES string of the molecule is C=C(Nc1cccnc1C(=O)Nc1ccc(C)cn1)c1ccc(C)nc1.CC. The number of hydrogen-bond acceptors (Lipinski definition) is 5. The normalized spacial score (nSPS) is 9.71. The van der Waals surface area contributed by atoms with Gasteiger partial charge in [-0.05, 0) is 49.7 Å². The van der Waals surface area contributed by atoms with E-state index in [0.29, 0.717) is 17.2 Å². The zero-order valence-corrected chi connectivity index (χ0v) is 16.7. The monoisotopic (exact) mass is 375 g/mol. The lowest BCUT2D eigenvalue weighted by Crippen LogP contribution is -2.17. The van der Waals surface area contributed by atoms with Gasteiger partial charge in [0.05, 0.1) is 5.69 Å². The molecule has 0 spiro atoms. The molecule has 0 fully saturated rings. The highest BCUT2D eigenvalue weighted by Crippen LogP contribution is 2.20. The van der Waals surface area contributed by atoms with E-state index in [2.05, 4.69) is 32.2 Å². The van der Waals surface area contributed by atoms with Gasteiger partial charge in [0.2, 0.25) is 0 Å². The van der Waals surface area contributed by atoms with Crippen LogP contribution >= 0.6 is 0 Å². The molecule has 0 aliphatic rings. The fourth-order valence-corrected chi connectivity index (χ4v) is 2.29. The highest BCUT2D eigenvalue weighted by Gasteiger charge is 2.14. The second-order valence-corrected chi connectivity index (χ2v) is 5.87. The molecule has 6 nitrogen and oxygen atoms in total. The van der Waals surface area contributed by atoms with Crippen LogP contribution in [0.25, 0.3) is 5.70 Å². The molecular weight excluding hydrogens is 350 g/mol. The summed E-state index contributed by atoms with van der Waals surface area (Å²) in [5.74, 6) is 0.123. The van der Waals surface area contributed by atoms with Crippen LogP contribution in [-0.4, -0.2) is 20.9 Å². The Bertz CT molecular complexity index is 934. The average Bonchev–Trinajstić information content (AvgIpc) is 2.72. The van der Waals surface area contributed by atoms with Crippen molar-refractivity contribution in [2.75, 3.05) is 10.6 Å². The number of pyridine rings is 3. The highest BCUT2D eigenvalue weighted by atomic mass is 16.2. The van der Waals surface area contributed by atoms with Gasteiger partial charge in [0.1, 0.15) is 5.82 Å². The average molecular weight is 375 g/mol. The van der Waals surface area contributed by atoms with Gasteiger partial charge >= 0.3 is 0 Å². The third kappa shape index (κ3) is 5.48. The molecule has 0 unspecified atom stereocenters. The number of aryl methyl sites for hydroxylation is 2. The number of rotatable bonds is 5. The Morgan fingerprint density at radius 1 is 0.929 bits per heavy atom. The summed E-state index contributed by atoms with van der Waals surface area (Å²) >= 11 is 0. The largest absolute Gasteiger partial charge is 0.354 e. The van der Waals surface area contributed by atoms with E-state index < -0.39 is 0 Å². The lowest BCUT2D eigenvalue weighted by atomic mass is 10.2. The van der Waals surface area contributed by atoms with Crippen LogP contribution < -0.4 is 10.6 Å². The van der Waals surface area contributed by atoms with E-state index in [1.807, 2.05) is 45.9 Å². The second kappa shape index (κ2) is 9.97. The molecule has 0 aromatic carbocycles. The molecule has 0 saturated heterocycles. The molecular formula is C22H25N5O. The molecule has 3 aromatic rings. The Balaban J connectivity index is 0.00000136. The molecule has 0 bridgehead atoms. The molecule has 0 aliphatic heterocycles. The Kier molecular flexibility index (Phi) is 7.39. The molecule has 0 radical (unpaired) electrons. The fourth-order valence-electron chi connectivity index (χ4n) is 2.29. The van der Waals surface area contributed by atoms with E-state index in [0.717, 1.165) is 16.8 Å². The van der Waals surface area contributed by atoms with Gasteiger partial charge < -0.3 is 10.6 Å². The van der Waals surface area contributed by atoms with Crippen LogP contribution in [0.4, 0.5) is 11.5 Å². The maximum Gasteiger partial charge on any atom is 0.277 e. The lowest BCUT2D eigenvalue weighted by Gasteiger charge is -2.13. The van der Waals surface area contributed by atoms with Crippen molar-refractivity contribution in [1.29, 1.82) is 0 Å². The molecule has 1 amide bonds. The molecule has 28 heavy (non-hydrogen) atoms. The molecule has 0 aliphatic carbocycles. The summed E-state index contributed by atoms with van der Waals surface area (Å²) in [6.07, 6.45) is 5.00. The predicted octanol–water partition coefficient (Wildman–Crippen LogP) is 4.85. The second-order valence-electron chi connectivity index (χ2n) is 5.87. The Hall–Kier alpha value is -3.54. The van der Waals surface area contributed by atoms with Gasteiger partial charge in [-0.25, -0.2) is 9.97 Å². The van der Waals surface area contributed by atoms with Crippen LogP contribution in [0.2, 0.25) is 0 Å². The van der Waals surface area contributed by atoms with Crippen molar-refractivity contribution in [3.63, 3.8) is 0 Å². The smallest absolute Gasteiger partial charge is 0.277 e. The first kappa shape index (κ1) is 20.8. The third-order valence-corrected chi connectivity index (χ3v) is 3.72. The summed E-state index contributed by atoms with van der Waals surface area (Å²) in [5.41, 5.74) is 4.23. The topological polar surface area (TPSA) is 79.8 Å². The number of anilines is 2. The molecule has 3 heterocycles. The number of aromatic nitrogens is 3. The van der Waals surface area contributed by atoms with E-state index >= 15 is 0 Å². The van der Waals surface area contributed by atoms with Crippen molar-refractivity contribution in [3.8, 4) is 0 Å². The first-order valence-electron chi connectivity index (χ1n) is 9.11. The number of carbonyl (C=O) groups is 1. The van der Waals surface area contributed by atoms with Gasteiger partial charge in [-0.3, -0.25) is 9.78 Å². The molecule has 144 valence electrons. The number of carbonyl (C=O) groups excluding carboxylic acids is 1. The van der Waals surface area contributed by atoms with Gasteiger partial charge in [0, 0.05) is 35.5 Å². The summed E-state index contributed by atoms with van der Waals surface area (Å²) < 4.78 is 0. The summed E-state index contributed by atoms with van der Waals surface area (Å²) in [6.45, 7) is 11.9. The van der Waals surface area contributed by atoms with Crippen molar-refractivity contribution in [2.24, 2.45) is 0 Å². The summed E-state index contributed by atoms with van der Waals surface area (Å²) in [5, 5.41) is 5.90. The van der Waals surface area contributed by atoms with E-state index in [4.69, 9.17) is 0 Å². The van der Waals surface area contributed by atoms with E-state index in [-0.39, 0.29) is 11.6 Å². The maximum atomic E-state index is 12.6. The minimum Gasteiger partial charge on any atom is -0.354 e. The lowest BCUT2D eigenvalue weighted by molar-refractivity contribution is 0.102. The van der Waals surface area contributed by atoms with Crippen molar-refractivity contribution >= 4 is 23.1 Å². The van der Waals surface area contributed by atoms with Crippen LogP contribution in [-0.2, 0) is 0 Å². The van der Waals surface area contributed by atoms with Crippen LogP contribution in [0.5, 0.6) is 0 Å². The summed E-state index contributed by atoms with van der Waals surface area (Å²) in [6, 6.07) is 11.0. The standard InChI is InChI=1S/C20H19N5O.C2H6/c1-13-6-9-18(23-11-13)25-20(26)19-17(5-4-10-21-19)24-15(3)16-8-7-14(2)22-12-16;1-2/h4-12,24H,3H2,1-2H3,(H,23,25,26);1-2H3. The van der Waals surface area contributed by atoms with Gasteiger partial charge in [0.15, 0.2) is 5.69 Å². The van der Waals surface area contributed by atoms with E-state index in [1.165, 1.54) is 0 Å². The minimum atomic E-state index is -0.348. The molecule has 6 heteroatoms. The van der Waals surface area contributed by atoms with Gasteiger partial charge in [-0.2, -0.15) is 0 Å². The van der Waals surface area contributed by atoms with Gasteiger partial charge in [-0.15, -0.1) is 0 Å². The fraction of sp³-hybridized carbons (Fsp3) is 0.182. The Labute approximate surface area is 165 Å². The molecule has 0 atom stereocenters.